The van der Waals surface area contributed by atoms with Crippen molar-refractivity contribution in [1.29, 1.82) is 0 Å². The highest BCUT2D eigenvalue weighted by molar-refractivity contribution is 5.30. The Labute approximate surface area is 120 Å². The van der Waals surface area contributed by atoms with Gasteiger partial charge in [-0.2, -0.15) is 0 Å². The van der Waals surface area contributed by atoms with E-state index < -0.39 is 0 Å². The third-order valence-corrected chi connectivity index (χ3v) is 4.18. The molecule has 1 aromatic heterocycles. The molecule has 2 aromatic rings. The lowest BCUT2D eigenvalue weighted by molar-refractivity contribution is 0.414. The standard InChI is InChI=1S/C18H21NO/c1-13-9-16-11-15(5-8-18(16)19-12-13)10-14-3-6-17(20-2)7-4-14/h3-4,6-7,9,12,15H,5,8,10-11H2,1-2H3/t15-/m0/s1. The fraction of sp³-hybridized carbons (Fsp3) is 0.389. The van der Waals surface area contributed by atoms with Crippen molar-refractivity contribution in [3.05, 3.63) is 58.9 Å². The topological polar surface area (TPSA) is 22.1 Å². The summed E-state index contributed by atoms with van der Waals surface area (Å²) >= 11 is 0. The number of aryl methyl sites for hydroxylation is 2. The van der Waals surface area contributed by atoms with E-state index in [2.05, 4.69) is 42.2 Å². The molecule has 0 saturated carbocycles. The SMILES string of the molecule is COc1ccc(C[C@@H]2CCc3ncc(C)cc3C2)cc1. The van der Waals surface area contributed by atoms with Crippen molar-refractivity contribution in [1.82, 2.24) is 4.98 Å². The zero-order valence-electron chi connectivity index (χ0n) is 12.2. The number of hydrogen-bond donors (Lipinski definition) is 0. The summed E-state index contributed by atoms with van der Waals surface area (Å²) in [7, 11) is 1.71. The van der Waals surface area contributed by atoms with Crippen molar-refractivity contribution < 1.29 is 4.74 Å². The average molecular weight is 267 g/mol. The smallest absolute Gasteiger partial charge is 0.118 e. The summed E-state index contributed by atoms with van der Waals surface area (Å²) in [5.41, 5.74) is 5.44. The fourth-order valence-corrected chi connectivity index (χ4v) is 3.08. The normalized spacial score (nSPS) is 17.6. The average Bonchev–Trinajstić information content (AvgIpc) is 2.47. The second-order valence-electron chi connectivity index (χ2n) is 5.78. The maximum Gasteiger partial charge on any atom is 0.118 e. The molecule has 1 aliphatic rings. The number of nitrogens with zero attached hydrogens (tertiary/aromatic N) is 1. The molecule has 1 heterocycles. The van der Waals surface area contributed by atoms with E-state index in [-0.39, 0.29) is 0 Å². The molecule has 0 saturated heterocycles. The molecule has 2 nitrogen and oxygen atoms in total. The Morgan fingerprint density at radius 1 is 1.25 bits per heavy atom. The van der Waals surface area contributed by atoms with Crippen LogP contribution in [-0.2, 0) is 19.3 Å². The molecule has 0 bridgehead atoms. The van der Waals surface area contributed by atoms with Gasteiger partial charge in [0, 0.05) is 11.9 Å². The number of ether oxygens (including phenoxy) is 1. The quantitative estimate of drug-likeness (QED) is 0.845. The van der Waals surface area contributed by atoms with Gasteiger partial charge in [-0.05, 0) is 67.3 Å². The molecule has 20 heavy (non-hydrogen) atoms. The van der Waals surface area contributed by atoms with Gasteiger partial charge in [0.1, 0.15) is 5.75 Å². The van der Waals surface area contributed by atoms with Gasteiger partial charge in [0.05, 0.1) is 7.11 Å². The molecule has 0 amide bonds. The molecule has 1 atom stereocenters. The van der Waals surface area contributed by atoms with E-state index in [0.717, 1.165) is 30.9 Å². The van der Waals surface area contributed by atoms with Crippen LogP contribution in [0.2, 0.25) is 0 Å². The van der Waals surface area contributed by atoms with Gasteiger partial charge in [0.2, 0.25) is 0 Å². The van der Waals surface area contributed by atoms with Gasteiger partial charge in [-0.25, -0.2) is 0 Å². The Morgan fingerprint density at radius 2 is 2.05 bits per heavy atom. The van der Waals surface area contributed by atoms with E-state index >= 15 is 0 Å². The first-order valence-corrected chi connectivity index (χ1v) is 7.32. The molecular weight excluding hydrogens is 246 g/mol. The van der Waals surface area contributed by atoms with Crippen LogP contribution in [-0.4, -0.2) is 12.1 Å². The number of benzene rings is 1. The van der Waals surface area contributed by atoms with Crippen LogP contribution >= 0.6 is 0 Å². The van der Waals surface area contributed by atoms with Crippen molar-refractivity contribution in [3.8, 4) is 5.75 Å². The Morgan fingerprint density at radius 3 is 2.80 bits per heavy atom. The molecule has 0 aliphatic heterocycles. The number of hydrogen-bond acceptors (Lipinski definition) is 2. The highest BCUT2D eigenvalue weighted by atomic mass is 16.5. The number of fused-ring (bicyclic) bond motifs is 1. The van der Waals surface area contributed by atoms with Gasteiger partial charge in [-0.3, -0.25) is 4.98 Å². The van der Waals surface area contributed by atoms with Gasteiger partial charge < -0.3 is 4.74 Å². The minimum absolute atomic E-state index is 0.736. The Hall–Kier alpha value is -1.83. The van der Waals surface area contributed by atoms with Crippen molar-refractivity contribution in [3.63, 3.8) is 0 Å². The summed E-state index contributed by atoms with van der Waals surface area (Å²) in [5.74, 6) is 1.67. The lowest BCUT2D eigenvalue weighted by Crippen LogP contribution is -2.17. The van der Waals surface area contributed by atoms with Gasteiger partial charge in [-0.1, -0.05) is 18.2 Å². The number of aromatic nitrogens is 1. The van der Waals surface area contributed by atoms with Crippen LogP contribution in [0, 0.1) is 12.8 Å². The first-order chi connectivity index (χ1) is 9.74. The second kappa shape index (κ2) is 5.66. The summed E-state index contributed by atoms with van der Waals surface area (Å²) in [6.07, 6.45) is 6.67. The van der Waals surface area contributed by atoms with Crippen LogP contribution in [0.25, 0.3) is 0 Å². The third-order valence-electron chi connectivity index (χ3n) is 4.18. The fourth-order valence-electron chi connectivity index (χ4n) is 3.08. The summed E-state index contributed by atoms with van der Waals surface area (Å²) in [6.45, 7) is 2.13. The summed E-state index contributed by atoms with van der Waals surface area (Å²) in [5, 5.41) is 0. The molecule has 1 aromatic carbocycles. The highest BCUT2D eigenvalue weighted by Gasteiger charge is 2.19. The van der Waals surface area contributed by atoms with Gasteiger partial charge in [-0.15, -0.1) is 0 Å². The molecule has 0 N–H and O–H groups in total. The molecule has 0 radical (unpaired) electrons. The van der Waals surface area contributed by atoms with Crippen LogP contribution < -0.4 is 4.74 Å². The zero-order valence-corrected chi connectivity index (χ0v) is 12.2. The van der Waals surface area contributed by atoms with Gasteiger partial charge >= 0.3 is 0 Å². The lowest BCUT2D eigenvalue weighted by Gasteiger charge is -2.24. The van der Waals surface area contributed by atoms with E-state index in [0.29, 0.717) is 0 Å². The summed E-state index contributed by atoms with van der Waals surface area (Å²) < 4.78 is 5.21. The van der Waals surface area contributed by atoms with E-state index in [9.17, 15) is 0 Å². The Balaban J connectivity index is 1.70. The first-order valence-electron chi connectivity index (χ1n) is 7.32. The highest BCUT2D eigenvalue weighted by Crippen LogP contribution is 2.27. The number of methoxy groups -OCH3 is 1. The minimum Gasteiger partial charge on any atom is -0.497 e. The molecule has 2 heteroatoms. The van der Waals surface area contributed by atoms with Crippen LogP contribution in [0.15, 0.2) is 36.5 Å². The van der Waals surface area contributed by atoms with Crippen molar-refractivity contribution in [2.45, 2.75) is 32.6 Å². The van der Waals surface area contributed by atoms with Gasteiger partial charge in [0.15, 0.2) is 0 Å². The van der Waals surface area contributed by atoms with Crippen LogP contribution in [0.5, 0.6) is 5.75 Å². The van der Waals surface area contributed by atoms with Gasteiger partial charge in [0.25, 0.3) is 0 Å². The number of rotatable bonds is 3. The van der Waals surface area contributed by atoms with E-state index in [1.165, 1.54) is 28.8 Å². The molecule has 104 valence electrons. The van der Waals surface area contributed by atoms with E-state index in [1.54, 1.807) is 7.11 Å². The largest absolute Gasteiger partial charge is 0.497 e. The predicted molar refractivity (Wildman–Crippen MR) is 81.2 cm³/mol. The molecule has 3 rings (SSSR count). The van der Waals surface area contributed by atoms with Crippen LogP contribution in [0.1, 0.15) is 28.8 Å². The van der Waals surface area contributed by atoms with Crippen molar-refractivity contribution in [2.24, 2.45) is 5.92 Å². The maximum atomic E-state index is 5.21. The van der Waals surface area contributed by atoms with E-state index in [1.807, 2.05) is 6.20 Å². The van der Waals surface area contributed by atoms with Crippen molar-refractivity contribution in [2.75, 3.05) is 7.11 Å². The van der Waals surface area contributed by atoms with Crippen molar-refractivity contribution >= 4 is 0 Å². The number of pyridine rings is 1. The Kier molecular flexibility index (Phi) is 3.72. The molecule has 0 spiro atoms. The second-order valence-corrected chi connectivity index (χ2v) is 5.78. The molecular formula is C18H21NO. The summed E-state index contributed by atoms with van der Waals surface area (Å²) in [6, 6.07) is 10.8. The van der Waals surface area contributed by atoms with E-state index in [4.69, 9.17) is 4.74 Å². The maximum absolute atomic E-state index is 5.21. The lowest BCUT2D eigenvalue weighted by atomic mass is 9.82. The molecule has 0 fully saturated rings. The minimum atomic E-state index is 0.736. The first kappa shape index (κ1) is 13.2. The Bertz CT molecular complexity index is 589. The molecule has 1 aliphatic carbocycles. The zero-order chi connectivity index (χ0) is 13.9. The van der Waals surface area contributed by atoms with Crippen LogP contribution in [0.4, 0.5) is 0 Å². The summed E-state index contributed by atoms with van der Waals surface area (Å²) in [4.78, 5) is 4.57. The third kappa shape index (κ3) is 2.84. The monoisotopic (exact) mass is 267 g/mol. The van der Waals surface area contributed by atoms with Crippen LogP contribution in [0.3, 0.4) is 0 Å². The predicted octanol–water partition coefficient (Wildman–Crippen LogP) is 3.75. The molecule has 0 unspecified atom stereocenters.